The van der Waals surface area contributed by atoms with E-state index in [4.69, 9.17) is 16.3 Å². The second-order valence-electron chi connectivity index (χ2n) is 7.40. The lowest BCUT2D eigenvalue weighted by atomic mass is 9.97. The molecule has 3 aromatic carbocycles. The van der Waals surface area contributed by atoms with E-state index in [0.29, 0.717) is 6.61 Å². The predicted molar refractivity (Wildman–Crippen MR) is 119 cm³/mol. The zero-order valence-electron chi connectivity index (χ0n) is 16.5. The standard InChI is InChI=1S/C25H25ClN2O/c1-19(29-17-20-6-3-2-4-7-20)25(28-15-14-27-18-28)13-11-22-9-5-8-21-10-12-23(26)16-24(21)22/h2-10,12,14-16,18-19,25H,11,13,17H2,1H3/t19-,25+/m0/s1. The third-order valence-electron chi connectivity index (χ3n) is 5.45. The van der Waals surface area contributed by atoms with Gasteiger partial charge in [-0.3, -0.25) is 0 Å². The summed E-state index contributed by atoms with van der Waals surface area (Å²) in [4.78, 5) is 4.25. The smallest absolute Gasteiger partial charge is 0.0949 e. The predicted octanol–water partition coefficient (Wildman–Crippen LogP) is 6.47. The van der Waals surface area contributed by atoms with E-state index in [1.165, 1.54) is 21.9 Å². The summed E-state index contributed by atoms with van der Waals surface area (Å²) < 4.78 is 8.40. The van der Waals surface area contributed by atoms with E-state index in [1.54, 1.807) is 0 Å². The van der Waals surface area contributed by atoms with E-state index in [-0.39, 0.29) is 12.1 Å². The van der Waals surface area contributed by atoms with Crippen LogP contribution in [0.5, 0.6) is 0 Å². The fraction of sp³-hybridized carbons (Fsp3) is 0.240. The quantitative estimate of drug-likeness (QED) is 0.336. The summed E-state index contributed by atoms with van der Waals surface area (Å²) in [7, 11) is 0. The number of nitrogens with zero attached hydrogens (tertiary/aromatic N) is 2. The first-order valence-corrected chi connectivity index (χ1v) is 10.4. The van der Waals surface area contributed by atoms with Crippen molar-refractivity contribution in [1.82, 2.24) is 9.55 Å². The Hall–Kier alpha value is -2.62. The molecule has 0 unspecified atom stereocenters. The maximum Gasteiger partial charge on any atom is 0.0949 e. The number of fused-ring (bicyclic) bond motifs is 1. The van der Waals surface area contributed by atoms with E-state index >= 15 is 0 Å². The number of imidazole rings is 1. The molecule has 4 heteroatoms. The molecule has 0 fully saturated rings. The monoisotopic (exact) mass is 404 g/mol. The Balaban J connectivity index is 1.50. The Labute approximate surface area is 176 Å². The molecule has 0 bridgehead atoms. The van der Waals surface area contributed by atoms with Crippen molar-refractivity contribution >= 4 is 22.4 Å². The minimum Gasteiger partial charge on any atom is -0.372 e. The van der Waals surface area contributed by atoms with Gasteiger partial charge in [-0.05, 0) is 53.8 Å². The highest BCUT2D eigenvalue weighted by atomic mass is 35.5. The molecule has 148 valence electrons. The maximum absolute atomic E-state index is 6.25. The normalized spacial score (nSPS) is 13.4. The van der Waals surface area contributed by atoms with Crippen LogP contribution in [0.25, 0.3) is 10.8 Å². The second kappa shape index (κ2) is 9.25. The van der Waals surface area contributed by atoms with Crippen LogP contribution in [-0.4, -0.2) is 15.7 Å². The Kier molecular flexibility index (Phi) is 6.28. The van der Waals surface area contributed by atoms with Crippen LogP contribution in [0.1, 0.15) is 30.5 Å². The van der Waals surface area contributed by atoms with Crippen molar-refractivity contribution in [3.05, 3.63) is 102 Å². The van der Waals surface area contributed by atoms with Crippen LogP contribution >= 0.6 is 11.6 Å². The molecular weight excluding hydrogens is 380 g/mol. The van der Waals surface area contributed by atoms with E-state index in [2.05, 4.69) is 58.9 Å². The van der Waals surface area contributed by atoms with Crippen molar-refractivity contribution in [3.8, 4) is 0 Å². The van der Waals surface area contributed by atoms with Gasteiger partial charge < -0.3 is 9.30 Å². The van der Waals surface area contributed by atoms with Gasteiger partial charge in [0.1, 0.15) is 0 Å². The summed E-state index contributed by atoms with van der Waals surface area (Å²) in [5, 5.41) is 3.22. The van der Waals surface area contributed by atoms with E-state index in [0.717, 1.165) is 17.9 Å². The molecule has 0 aliphatic carbocycles. The molecule has 2 atom stereocenters. The first-order chi connectivity index (χ1) is 14.2. The third kappa shape index (κ3) is 4.87. The van der Waals surface area contributed by atoms with Crippen LogP contribution in [-0.2, 0) is 17.8 Å². The highest BCUT2D eigenvalue weighted by Crippen LogP contribution is 2.27. The van der Waals surface area contributed by atoms with Crippen LogP contribution in [0.2, 0.25) is 5.02 Å². The lowest BCUT2D eigenvalue weighted by Gasteiger charge is -2.26. The number of aryl methyl sites for hydroxylation is 1. The molecule has 0 radical (unpaired) electrons. The van der Waals surface area contributed by atoms with Gasteiger partial charge in [-0.2, -0.15) is 0 Å². The summed E-state index contributed by atoms with van der Waals surface area (Å²) in [5.74, 6) is 0. The Morgan fingerprint density at radius 2 is 1.90 bits per heavy atom. The first kappa shape index (κ1) is 19.7. The molecule has 3 nitrogen and oxygen atoms in total. The van der Waals surface area contributed by atoms with Gasteiger partial charge in [0, 0.05) is 17.4 Å². The SMILES string of the molecule is C[C@H](OCc1ccccc1)[C@@H](CCc1cccc2ccc(Cl)cc12)n1ccnc1. The fourth-order valence-electron chi connectivity index (χ4n) is 3.84. The topological polar surface area (TPSA) is 27.1 Å². The molecule has 1 heterocycles. The molecule has 0 N–H and O–H groups in total. The van der Waals surface area contributed by atoms with Crippen LogP contribution in [0.4, 0.5) is 0 Å². The summed E-state index contributed by atoms with van der Waals surface area (Å²) in [5.41, 5.74) is 2.50. The molecule has 0 aliphatic rings. The average Bonchev–Trinajstić information content (AvgIpc) is 3.28. The summed E-state index contributed by atoms with van der Waals surface area (Å²) >= 11 is 6.25. The Morgan fingerprint density at radius 1 is 1.03 bits per heavy atom. The zero-order chi connectivity index (χ0) is 20.1. The van der Waals surface area contributed by atoms with Crippen LogP contribution in [0.3, 0.4) is 0 Å². The second-order valence-corrected chi connectivity index (χ2v) is 7.84. The Bertz CT molecular complexity index is 1050. The van der Waals surface area contributed by atoms with E-state index in [1.807, 2.05) is 43.0 Å². The lowest BCUT2D eigenvalue weighted by Crippen LogP contribution is -2.24. The van der Waals surface area contributed by atoms with Gasteiger partial charge in [-0.25, -0.2) is 4.98 Å². The largest absolute Gasteiger partial charge is 0.372 e. The molecule has 4 aromatic rings. The van der Waals surface area contributed by atoms with Gasteiger partial charge in [-0.15, -0.1) is 0 Å². The van der Waals surface area contributed by atoms with Gasteiger partial charge in [-0.1, -0.05) is 66.2 Å². The number of rotatable bonds is 8. The molecular formula is C25H25ClN2O. The highest BCUT2D eigenvalue weighted by Gasteiger charge is 2.20. The fourth-order valence-corrected chi connectivity index (χ4v) is 4.01. The lowest BCUT2D eigenvalue weighted by molar-refractivity contribution is 0.0149. The highest BCUT2D eigenvalue weighted by molar-refractivity contribution is 6.31. The Morgan fingerprint density at radius 3 is 2.69 bits per heavy atom. The van der Waals surface area contributed by atoms with Crippen LogP contribution < -0.4 is 0 Å². The number of ether oxygens (including phenoxy) is 1. The van der Waals surface area contributed by atoms with Crippen molar-refractivity contribution in [3.63, 3.8) is 0 Å². The van der Waals surface area contributed by atoms with Crippen molar-refractivity contribution in [1.29, 1.82) is 0 Å². The number of hydrogen-bond donors (Lipinski definition) is 0. The zero-order valence-corrected chi connectivity index (χ0v) is 17.3. The molecule has 0 amide bonds. The van der Waals surface area contributed by atoms with Crippen LogP contribution in [0.15, 0.2) is 85.5 Å². The van der Waals surface area contributed by atoms with Gasteiger partial charge in [0.05, 0.1) is 25.1 Å². The number of aromatic nitrogens is 2. The van der Waals surface area contributed by atoms with E-state index in [9.17, 15) is 0 Å². The minimum absolute atomic E-state index is 0.0583. The average molecular weight is 405 g/mol. The third-order valence-corrected chi connectivity index (χ3v) is 5.68. The molecule has 0 saturated carbocycles. The van der Waals surface area contributed by atoms with Crippen molar-refractivity contribution < 1.29 is 4.74 Å². The first-order valence-electron chi connectivity index (χ1n) is 10.0. The number of benzene rings is 3. The summed E-state index contributed by atoms with van der Waals surface area (Å²) in [6.45, 7) is 2.75. The number of hydrogen-bond acceptors (Lipinski definition) is 2. The molecule has 1 aromatic heterocycles. The number of halogens is 1. The van der Waals surface area contributed by atoms with Gasteiger partial charge in [0.15, 0.2) is 0 Å². The van der Waals surface area contributed by atoms with Gasteiger partial charge in [0.2, 0.25) is 0 Å². The van der Waals surface area contributed by atoms with Crippen molar-refractivity contribution in [2.24, 2.45) is 0 Å². The van der Waals surface area contributed by atoms with Crippen molar-refractivity contribution in [2.45, 2.75) is 38.5 Å². The molecule has 0 saturated heterocycles. The molecule has 0 spiro atoms. The molecule has 4 rings (SSSR count). The minimum atomic E-state index is 0.0583. The van der Waals surface area contributed by atoms with Gasteiger partial charge >= 0.3 is 0 Å². The summed E-state index contributed by atoms with van der Waals surface area (Å²) in [6.07, 6.45) is 7.69. The summed E-state index contributed by atoms with van der Waals surface area (Å²) in [6, 6.07) is 23.0. The maximum atomic E-state index is 6.25. The van der Waals surface area contributed by atoms with E-state index < -0.39 is 0 Å². The van der Waals surface area contributed by atoms with Gasteiger partial charge in [0.25, 0.3) is 0 Å². The molecule has 0 aliphatic heterocycles. The molecule has 29 heavy (non-hydrogen) atoms. The van der Waals surface area contributed by atoms with Crippen molar-refractivity contribution in [2.75, 3.05) is 0 Å². The van der Waals surface area contributed by atoms with Crippen LogP contribution in [0, 0.1) is 0 Å².